The molecule has 88 valence electrons. The van der Waals surface area contributed by atoms with E-state index in [4.69, 9.17) is 0 Å². The van der Waals surface area contributed by atoms with Crippen molar-refractivity contribution >= 4 is 27.9 Å². The van der Waals surface area contributed by atoms with Crippen LogP contribution in [0.4, 0.5) is 15.2 Å². The van der Waals surface area contributed by atoms with E-state index >= 15 is 0 Å². The van der Waals surface area contributed by atoms with Gasteiger partial charge < -0.3 is 4.90 Å². The van der Waals surface area contributed by atoms with Gasteiger partial charge in [-0.1, -0.05) is 6.07 Å². The van der Waals surface area contributed by atoms with E-state index in [0.717, 1.165) is 0 Å². The van der Waals surface area contributed by atoms with Crippen LogP contribution < -0.4 is 4.90 Å². The Morgan fingerprint density at radius 2 is 2.24 bits per heavy atom. The predicted octanol–water partition coefficient (Wildman–Crippen LogP) is 3.25. The maximum absolute atomic E-state index is 13.1. The van der Waals surface area contributed by atoms with Crippen LogP contribution in [0.2, 0.25) is 0 Å². The highest BCUT2D eigenvalue weighted by molar-refractivity contribution is 7.14. The molecule has 2 rings (SSSR count). The lowest BCUT2D eigenvalue weighted by molar-refractivity contribution is 0.101. The molecule has 3 nitrogen and oxygen atoms in total. The Labute approximate surface area is 103 Å². The van der Waals surface area contributed by atoms with Crippen LogP contribution in [0.25, 0.3) is 0 Å². The van der Waals surface area contributed by atoms with Gasteiger partial charge >= 0.3 is 0 Å². The number of hydrogen-bond donors (Lipinski definition) is 0. The van der Waals surface area contributed by atoms with Crippen molar-refractivity contribution in [1.29, 1.82) is 0 Å². The molecule has 0 aliphatic heterocycles. The number of thiazole rings is 1. The minimum absolute atomic E-state index is 0.0693. The first-order valence-corrected chi connectivity index (χ1v) is 5.91. The summed E-state index contributed by atoms with van der Waals surface area (Å²) in [5, 5.41) is 2.37. The molecule has 2 aromatic rings. The zero-order valence-electron chi connectivity index (χ0n) is 9.48. The Kier molecular flexibility index (Phi) is 3.19. The van der Waals surface area contributed by atoms with E-state index in [2.05, 4.69) is 4.98 Å². The number of hydrogen-bond acceptors (Lipinski definition) is 4. The number of benzene rings is 1. The molecule has 0 N–H and O–H groups in total. The summed E-state index contributed by atoms with van der Waals surface area (Å²) in [7, 11) is 1.79. The summed E-state index contributed by atoms with van der Waals surface area (Å²) < 4.78 is 13.1. The second kappa shape index (κ2) is 4.63. The molecule has 0 saturated carbocycles. The molecule has 0 amide bonds. The zero-order chi connectivity index (χ0) is 12.4. The number of Topliss-reactive ketones (excluding diaryl/α,β-unsaturated/α-hetero) is 1. The lowest BCUT2D eigenvalue weighted by atomic mass is 10.3. The second-order valence-corrected chi connectivity index (χ2v) is 4.45. The SMILES string of the molecule is CC(=O)c1csc(N(C)c2cccc(F)c2)n1. The number of rotatable bonds is 3. The smallest absolute Gasteiger partial charge is 0.190 e. The van der Waals surface area contributed by atoms with Crippen molar-refractivity contribution in [2.45, 2.75) is 6.92 Å². The van der Waals surface area contributed by atoms with Crippen LogP contribution in [0.15, 0.2) is 29.6 Å². The molecule has 0 radical (unpaired) electrons. The molecule has 0 bridgehead atoms. The number of aromatic nitrogens is 1. The number of halogens is 1. The van der Waals surface area contributed by atoms with Gasteiger partial charge in [-0.2, -0.15) is 0 Å². The minimum atomic E-state index is -0.294. The first kappa shape index (κ1) is 11.7. The van der Waals surface area contributed by atoms with Crippen molar-refractivity contribution in [2.24, 2.45) is 0 Å². The Bertz CT molecular complexity index is 553. The van der Waals surface area contributed by atoms with Gasteiger partial charge in [0.1, 0.15) is 11.5 Å². The van der Waals surface area contributed by atoms with Crippen molar-refractivity contribution in [3.8, 4) is 0 Å². The van der Waals surface area contributed by atoms with E-state index in [9.17, 15) is 9.18 Å². The first-order valence-electron chi connectivity index (χ1n) is 5.03. The molecule has 0 atom stereocenters. The molecule has 0 aliphatic carbocycles. The number of carbonyl (C=O) groups is 1. The average Bonchev–Trinajstić information content (AvgIpc) is 2.77. The predicted molar refractivity (Wildman–Crippen MR) is 66.6 cm³/mol. The fourth-order valence-corrected chi connectivity index (χ4v) is 2.23. The van der Waals surface area contributed by atoms with E-state index in [1.54, 1.807) is 29.5 Å². The average molecular weight is 250 g/mol. The zero-order valence-corrected chi connectivity index (χ0v) is 10.3. The highest BCUT2D eigenvalue weighted by Crippen LogP contribution is 2.27. The standard InChI is InChI=1S/C12H11FN2OS/c1-8(16)11-7-17-12(14-11)15(2)10-5-3-4-9(13)6-10/h3-7H,1-2H3. The number of anilines is 2. The summed E-state index contributed by atoms with van der Waals surface area (Å²) in [6.45, 7) is 1.47. The van der Waals surface area contributed by atoms with Crippen LogP contribution >= 0.6 is 11.3 Å². The van der Waals surface area contributed by atoms with Gasteiger partial charge in [0.15, 0.2) is 10.9 Å². The van der Waals surface area contributed by atoms with Crippen molar-refractivity contribution in [3.05, 3.63) is 41.2 Å². The fourth-order valence-electron chi connectivity index (χ4n) is 1.38. The lowest BCUT2D eigenvalue weighted by Gasteiger charge is -2.15. The van der Waals surface area contributed by atoms with E-state index in [1.165, 1.54) is 30.4 Å². The van der Waals surface area contributed by atoms with E-state index in [1.807, 2.05) is 0 Å². The van der Waals surface area contributed by atoms with Gasteiger partial charge in [-0.25, -0.2) is 9.37 Å². The third-order valence-corrected chi connectivity index (χ3v) is 3.25. The molecule has 0 saturated heterocycles. The molecule has 5 heteroatoms. The van der Waals surface area contributed by atoms with Gasteiger partial charge in [-0.15, -0.1) is 11.3 Å². The van der Waals surface area contributed by atoms with Crippen LogP contribution in [-0.4, -0.2) is 17.8 Å². The van der Waals surface area contributed by atoms with Crippen LogP contribution in [-0.2, 0) is 0 Å². The highest BCUT2D eigenvalue weighted by Gasteiger charge is 2.11. The fraction of sp³-hybridized carbons (Fsp3) is 0.167. The summed E-state index contributed by atoms with van der Waals surface area (Å²) in [5.41, 5.74) is 1.14. The van der Waals surface area contributed by atoms with Crippen molar-refractivity contribution in [2.75, 3.05) is 11.9 Å². The van der Waals surface area contributed by atoms with Gasteiger partial charge in [-0.05, 0) is 18.2 Å². The molecule has 1 aromatic carbocycles. The number of nitrogens with zero attached hydrogens (tertiary/aromatic N) is 2. The van der Waals surface area contributed by atoms with Crippen molar-refractivity contribution in [3.63, 3.8) is 0 Å². The molecule has 0 spiro atoms. The molecular weight excluding hydrogens is 239 g/mol. The summed E-state index contributed by atoms with van der Waals surface area (Å²) in [5.74, 6) is -0.363. The van der Waals surface area contributed by atoms with E-state index in [-0.39, 0.29) is 11.6 Å². The molecular formula is C12H11FN2OS. The molecule has 17 heavy (non-hydrogen) atoms. The second-order valence-electron chi connectivity index (χ2n) is 3.61. The summed E-state index contributed by atoms with van der Waals surface area (Å²) in [6.07, 6.45) is 0. The van der Waals surface area contributed by atoms with Gasteiger partial charge in [0.2, 0.25) is 0 Å². The largest absolute Gasteiger partial charge is 0.321 e. The molecule has 0 aliphatic rings. The lowest BCUT2D eigenvalue weighted by Crippen LogP contribution is -2.09. The van der Waals surface area contributed by atoms with Crippen molar-refractivity contribution in [1.82, 2.24) is 4.98 Å². The maximum Gasteiger partial charge on any atom is 0.190 e. The van der Waals surface area contributed by atoms with Crippen LogP contribution in [0.1, 0.15) is 17.4 Å². The van der Waals surface area contributed by atoms with Crippen LogP contribution in [0, 0.1) is 5.82 Å². The molecule has 0 unspecified atom stereocenters. The third-order valence-electron chi connectivity index (χ3n) is 2.34. The first-order chi connectivity index (χ1) is 8.08. The molecule has 1 heterocycles. The van der Waals surface area contributed by atoms with Crippen LogP contribution in [0.5, 0.6) is 0 Å². The number of carbonyl (C=O) groups excluding carboxylic acids is 1. The Balaban J connectivity index is 2.30. The quantitative estimate of drug-likeness (QED) is 0.784. The Morgan fingerprint density at radius 3 is 2.82 bits per heavy atom. The Morgan fingerprint density at radius 1 is 1.47 bits per heavy atom. The molecule has 1 aromatic heterocycles. The summed E-state index contributed by atoms with van der Waals surface area (Å²) in [6, 6.07) is 6.24. The van der Waals surface area contributed by atoms with Gasteiger partial charge in [0, 0.05) is 25.0 Å². The number of ketones is 1. The molecule has 0 fully saturated rings. The highest BCUT2D eigenvalue weighted by atomic mass is 32.1. The topological polar surface area (TPSA) is 33.2 Å². The van der Waals surface area contributed by atoms with Crippen LogP contribution in [0.3, 0.4) is 0 Å². The third kappa shape index (κ3) is 2.50. The Hall–Kier alpha value is -1.75. The van der Waals surface area contributed by atoms with Crippen molar-refractivity contribution < 1.29 is 9.18 Å². The van der Waals surface area contributed by atoms with E-state index in [0.29, 0.717) is 16.5 Å². The normalized spacial score (nSPS) is 10.3. The van der Waals surface area contributed by atoms with Gasteiger partial charge in [0.25, 0.3) is 0 Å². The van der Waals surface area contributed by atoms with Gasteiger partial charge in [-0.3, -0.25) is 4.79 Å². The minimum Gasteiger partial charge on any atom is -0.321 e. The van der Waals surface area contributed by atoms with Gasteiger partial charge in [0.05, 0.1) is 0 Å². The summed E-state index contributed by atoms with van der Waals surface area (Å²) in [4.78, 5) is 17.1. The monoisotopic (exact) mass is 250 g/mol. The van der Waals surface area contributed by atoms with E-state index < -0.39 is 0 Å². The maximum atomic E-state index is 13.1. The summed E-state index contributed by atoms with van der Waals surface area (Å²) >= 11 is 1.36.